The average molecular weight is 468 g/mol. The molecule has 33 heavy (non-hydrogen) atoms. The quantitative estimate of drug-likeness (QED) is 0.546. The van der Waals surface area contributed by atoms with E-state index in [1.54, 1.807) is 24.5 Å². The maximum absolute atomic E-state index is 15.1. The number of benzene rings is 1. The molecule has 0 spiro atoms. The first-order valence-corrected chi connectivity index (χ1v) is 12.3. The van der Waals surface area contributed by atoms with Crippen LogP contribution in [0.3, 0.4) is 0 Å². The molecule has 2 aliphatic rings. The van der Waals surface area contributed by atoms with Crippen LogP contribution in [0, 0.1) is 0 Å². The van der Waals surface area contributed by atoms with Crippen molar-refractivity contribution in [1.82, 2.24) is 30.7 Å². The molecule has 0 amide bonds. The van der Waals surface area contributed by atoms with E-state index in [-0.39, 0.29) is 17.8 Å². The first-order valence-electron chi connectivity index (χ1n) is 11.1. The molecular formula is C23H26FN7OS. The lowest BCUT2D eigenvalue weighted by Crippen LogP contribution is -2.61. The maximum atomic E-state index is 15.1. The van der Waals surface area contributed by atoms with Crippen molar-refractivity contribution in [3.05, 3.63) is 36.7 Å². The summed E-state index contributed by atoms with van der Waals surface area (Å²) in [4.78, 5) is 6.26. The molecule has 2 fully saturated rings. The van der Waals surface area contributed by atoms with Gasteiger partial charge in [-0.25, -0.2) is 9.37 Å². The Morgan fingerprint density at radius 1 is 1.12 bits per heavy atom. The monoisotopic (exact) mass is 467 g/mol. The fourth-order valence-electron chi connectivity index (χ4n) is 4.78. The second-order valence-corrected chi connectivity index (χ2v) is 9.44. The van der Waals surface area contributed by atoms with Crippen LogP contribution in [0.25, 0.3) is 22.5 Å². The van der Waals surface area contributed by atoms with Gasteiger partial charge in [0.15, 0.2) is 11.6 Å². The molecule has 4 heterocycles. The number of hydrogen-bond acceptors (Lipinski definition) is 9. The highest BCUT2D eigenvalue weighted by molar-refractivity contribution is 7.98. The predicted molar refractivity (Wildman–Crippen MR) is 126 cm³/mol. The molecule has 0 saturated carbocycles. The number of alkyl halides is 1. The molecule has 3 aromatic rings. The zero-order valence-corrected chi connectivity index (χ0v) is 19.3. The molecular weight excluding hydrogens is 441 g/mol. The Labute approximate surface area is 196 Å². The molecule has 1 aromatic carbocycles. The lowest BCUT2D eigenvalue weighted by atomic mass is 9.82. The van der Waals surface area contributed by atoms with Crippen molar-refractivity contribution in [1.29, 1.82) is 0 Å². The lowest BCUT2D eigenvalue weighted by Gasteiger charge is -2.45. The standard InChI is InChI=1S/C23H26FN7OS/c1-31(18-10-15-4-3-5-17(27-15)22(18)24)20-12-25-23(30-28-20)16-7-6-13(8-19(16)32)14-9-21(33-2)29-26-11-14/h6-9,11-12,15,17-18,22,27,32H,3-5,10H2,1-2H3/t15-,17+,18+,22-/m1/s1. The number of nitrogens with one attached hydrogen (secondary N) is 1. The molecule has 172 valence electrons. The highest BCUT2D eigenvalue weighted by Crippen LogP contribution is 2.34. The molecule has 2 N–H and O–H groups in total. The number of anilines is 1. The topological polar surface area (TPSA) is 100.0 Å². The van der Waals surface area contributed by atoms with Gasteiger partial charge >= 0.3 is 0 Å². The van der Waals surface area contributed by atoms with E-state index in [0.29, 0.717) is 23.2 Å². The summed E-state index contributed by atoms with van der Waals surface area (Å²) in [6.07, 6.45) is 8.00. The van der Waals surface area contributed by atoms with Crippen LogP contribution >= 0.6 is 11.8 Å². The van der Waals surface area contributed by atoms with Crippen molar-refractivity contribution in [2.24, 2.45) is 0 Å². The number of aromatic nitrogens is 5. The zero-order chi connectivity index (χ0) is 22.9. The van der Waals surface area contributed by atoms with Gasteiger partial charge in [0.1, 0.15) is 16.9 Å². The highest BCUT2D eigenvalue weighted by atomic mass is 32.2. The van der Waals surface area contributed by atoms with E-state index in [4.69, 9.17) is 0 Å². The Morgan fingerprint density at radius 3 is 2.76 bits per heavy atom. The number of nitrogens with zero attached hydrogens (tertiary/aromatic N) is 6. The molecule has 2 bridgehead atoms. The summed E-state index contributed by atoms with van der Waals surface area (Å²) in [5, 5.41) is 31.4. The SMILES string of the molecule is CSc1cc(-c2ccc(-c3ncc(N(C)[C@H]4C[C@H]5CCC[C@H](N5)[C@H]4F)nn3)c(O)c2)cnn1. The number of phenols is 1. The Bertz CT molecular complexity index is 1130. The van der Waals surface area contributed by atoms with Gasteiger partial charge in [0.25, 0.3) is 0 Å². The second kappa shape index (κ2) is 9.18. The number of phenolic OH excluding ortho intramolecular Hbond substituents is 1. The Morgan fingerprint density at radius 2 is 2.00 bits per heavy atom. The normalized spacial score (nSPS) is 24.5. The minimum absolute atomic E-state index is 0.0490. The maximum Gasteiger partial charge on any atom is 0.185 e. The molecule has 0 aliphatic carbocycles. The van der Waals surface area contributed by atoms with Gasteiger partial charge in [0, 0.05) is 24.7 Å². The largest absolute Gasteiger partial charge is 0.507 e. The third-order valence-electron chi connectivity index (χ3n) is 6.62. The van der Waals surface area contributed by atoms with Crippen LogP contribution < -0.4 is 10.2 Å². The summed E-state index contributed by atoms with van der Waals surface area (Å²) in [5.41, 5.74) is 2.16. The molecule has 4 atom stereocenters. The number of aromatic hydroxyl groups is 1. The summed E-state index contributed by atoms with van der Waals surface area (Å²) < 4.78 is 15.1. The minimum atomic E-state index is -0.959. The highest BCUT2D eigenvalue weighted by Gasteiger charge is 2.42. The van der Waals surface area contributed by atoms with Crippen molar-refractivity contribution < 1.29 is 9.50 Å². The first-order chi connectivity index (χ1) is 16.0. The van der Waals surface area contributed by atoms with Crippen LogP contribution in [0.2, 0.25) is 0 Å². The second-order valence-electron chi connectivity index (χ2n) is 8.62. The Hall–Kier alpha value is -2.85. The van der Waals surface area contributed by atoms with E-state index in [1.807, 2.05) is 30.3 Å². The summed E-state index contributed by atoms with van der Waals surface area (Å²) in [7, 11) is 1.85. The Balaban J connectivity index is 1.35. The van der Waals surface area contributed by atoms with Crippen LogP contribution in [-0.2, 0) is 0 Å². The molecule has 2 aliphatic heterocycles. The van der Waals surface area contributed by atoms with E-state index in [1.165, 1.54) is 11.8 Å². The molecule has 8 nitrogen and oxygen atoms in total. The molecule has 10 heteroatoms. The van der Waals surface area contributed by atoms with Crippen molar-refractivity contribution in [3.8, 4) is 28.3 Å². The van der Waals surface area contributed by atoms with Crippen LogP contribution in [-0.4, -0.2) is 68.1 Å². The summed E-state index contributed by atoms with van der Waals surface area (Å²) >= 11 is 1.51. The van der Waals surface area contributed by atoms with Gasteiger partial charge in [-0.1, -0.05) is 12.5 Å². The summed E-state index contributed by atoms with van der Waals surface area (Å²) in [6.45, 7) is 0. The van der Waals surface area contributed by atoms with Crippen LogP contribution in [0.5, 0.6) is 5.75 Å². The fraction of sp³-hybridized carbons (Fsp3) is 0.435. The van der Waals surface area contributed by atoms with E-state index in [9.17, 15) is 5.11 Å². The molecule has 0 radical (unpaired) electrons. The van der Waals surface area contributed by atoms with Gasteiger partial charge in [-0.3, -0.25) is 0 Å². The third kappa shape index (κ3) is 4.37. The van der Waals surface area contributed by atoms with E-state index < -0.39 is 6.17 Å². The minimum Gasteiger partial charge on any atom is -0.507 e. The van der Waals surface area contributed by atoms with Gasteiger partial charge in [-0.15, -0.1) is 27.1 Å². The Kier molecular flexibility index (Phi) is 6.11. The average Bonchev–Trinajstić information content (AvgIpc) is 2.86. The number of hydrogen-bond donors (Lipinski definition) is 2. The predicted octanol–water partition coefficient (Wildman–Crippen LogP) is 3.48. The van der Waals surface area contributed by atoms with Crippen LogP contribution in [0.4, 0.5) is 10.2 Å². The van der Waals surface area contributed by atoms with E-state index in [2.05, 4.69) is 30.7 Å². The molecule has 0 unspecified atom stereocenters. The van der Waals surface area contributed by atoms with Crippen LogP contribution in [0.15, 0.2) is 41.7 Å². The molecule has 5 rings (SSSR count). The molecule has 2 aromatic heterocycles. The van der Waals surface area contributed by atoms with E-state index >= 15 is 4.39 Å². The van der Waals surface area contributed by atoms with E-state index in [0.717, 1.165) is 41.8 Å². The number of halogens is 1. The van der Waals surface area contributed by atoms with Gasteiger partial charge in [-0.2, -0.15) is 5.10 Å². The van der Waals surface area contributed by atoms with Crippen LogP contribution in [0.1, 0.15) is 25.7 Å². The van der Waals surface area contributed by atoms with Crippen molar-refractivity contribution in [3.63, 3.8) is 0 Å². The number of rotatable bonds is 5. The zero-order valence-electron chi connectivity index (χ0n) is 18.5. The van der Waals surface area contributed by atoms with Gasteiger partial charge < -0.3 is 15.3 Å². The summed E-state index contributed by atoms with van der Waals surface area (Å²) in [6, 6.07) is 7.21. The number of fused-ring (bicyclic) bond motifs is 2. The number of thioether (sulfide) groups is 1. The van der Waals surface area contributed by atoms with Gasteiger partial charge in [-0.05, 0) is 49.3 Å². The first kappa shape index (κ1) is 22.0. The summed E-state index contributed by atoms with van der Waals surface area (Å²) in [5.74, 6) is 0.885. The van der Waals surface area contributed by atoms with Crippen molar-refractivity contribution in [2.45, 2.75) is 55.0 Å². The van der Waals surface area contributed by atoms with Gasteiger partial charge in [0.05, 0.1) is 24.0 Å². The molecule has 2 saturated heterocycles. The van der Waals surface area contributed by atoms with Crippen molar-refractivity contribution >= 4 is 17.6 Å². The van der Waals surface area contributed by atoms with Gasteiger partial charge in [0.2, 0.25) is 0 Å². The van der Waals surface area contributed by atoms with Crippen molar-refractivity contribution in [2.75, 3.05) is 18.2 Å². The third-order valence-corrected chi connectivity index (χ3v) is 7.23. The number of piperidine rings is 2. The lowest BCUT2D eigenvalue weighted by molar-refractivity contribution is 0.107. The fourth-order valence-corrected chi connectivity index (χ4v) is 5.15. The smallest absolute Gasteiger partial charge is 0.185 e.